The number of nitrogens with one attached hydrogen (secondary N) is 1. The first-order chi connectivity index (χ1) is 10.2. The Balaban J connectivity index is 1.55. The number of halogens is 1. The predicted molar refractivity (Wildman–Crippen MR) is 78.2 cm³/mol. The molecule has 1 aromatic heterocycles. The summed E-state index contributed by atoms with van der Waals surface area (Å²) in [5.41, 5.74) is 1.19. The van der Waals surface area contributed by atoms with Crippen LogP contribution in [-0.4, -0.2) is 17.8 Å². The van der Waals surface area contributed by atoms with Crippen molar-refractivity contribution in [3.05, 3.63) is 47.9 Å². The van der Waals surface area contributed by atoms with Gasteiger partial charge >= 0.3 is 0 Å². The SMILES string of the molecule is CC(CCc1ccc2c(c1)OCO2)Nc1cccc(F)n1. The first kappa shape index (κ1) is 13.7. The van der Waals surface area contributed by atoms with Crippen LogP contribution in [0, 0.1) is 5.95 Å². The molecule has 2 aromatic rings. The molecular weight excluding hydrogens is 271 g/mol. The van der Waals surface area contributed by atoms with Crippen LogP contribution < -0.4 is 14.8 Å². The summed E-state index contributed by atoms with van der Waals surface area (Å²) in [4.78, 5) is 3.80. The summed E-state index contributed by atoms with van der Waals surface area (Å²) in [5.74, 6) is 1.70. The van der Waals surface area contributed by atoms with Crippen LogP contribution in [0.3, 0.4) is 0 Å². The minimum atomic E-state index is -0.469. The van der Waals surface area contributed by atoms with Crippen molar-refractivity contribution in [3.8, 4) is 11.5 Å². The molecule has 0 fully saturated rings. The van der Waals surface area contributed by atoms with Crippen molar-refractivity contribution < 1.29 is 13.9 Å². The summed E-state index contributed by atoms with van der Waals surface area (Å²) in [6, 6.07) is 10.9. The molecule has 0 saturated heterocycles. The zero-order valence-corrected chi connectivity index (χ0v) is 11.8. The van der Waals surface area contributed by atoms with Crippen LogP contribution in [0.15, 0.2) is 36.4 Å². The van der Waals surface area contributed by atoms with Gasteiger partial charge in [0, 0.05) is 6.04 Å². The van der Waals surface area contributed by atoms with Gasteiger partial charge in [0.1, 0.15) is 5.82 Å². The second-order valence-electron chi connectivity index (χ2n) is 5.12. The quantitative estimate of drug-likeness (QED) is 0.857. The first-order valence-corrected chi connectivity index (χ1v) is 6.98. The number of aryl methyl sites for hydroxylation is 1. The number of pyridine rings is 1. The molecule has 5 heteroatoms. The van der Waals surface area contributed by atoms with Gasteiger partial charge in [-0.2, -0.15) is 4.39 Å². The van der Waals surface area contributed by atoms with E-state index in [1.807, 2.05) is 18.2 Å². The molecule has 0 radical (unpaired) electrons. The maximum Gasteiger partial charge on any atom is 0.231 e. The lowest BCUT2D eigenvalue weighted by atomic mass is 10.1. The molecule has 0 aliphatic carbocycles. The van der Waals surface area contributed by atoms with E-state index in [0.29, 0.717) is 12.6 Å². The molecule has 1 aliphatic heterocycles. The molecule has 1 atom stereocenters. The molecule has 1 aliphatic rings. The van der Waals surface area contributed by atoms with Crippen molar-refractivity contribution in [2.24, 2.45) is 0 Å². The van der Waals surface area contributed by atoms with Crippen molar-refractivity contribution in [1.82, 2.24) is 4.98 Å². The monoisotopic (exact) mass is 288 g/mol. The third-order valence-electron chi connectivity index (χ3n) is 3.41. The van der Waals surface area contributed by atoms with Gasteiger partial charge in [0.2, 0.25) is 12.7 Å². The summed E-state index contributed by atoms with van der Waals surface area (Å²) in [6.07, 6.45) is 1.82. The lowest BCUT2D eigenvalue weighted by Gasteiger charge is -2.14. The number of benzene rings is 1. The Morgan fingerprint density at radius 3 is 2.95 bits per heavy atom. The molecule has 0 bridgehead atoms. The molecule has 0 amide bonds. The summed E-state index contributed by atoms with van der Waals surface area (Å²) in [5, 5.41) is 3.20. The van der Waals surface area contributed by atoms with Gasteiger partial charge in [0.25, 0.3) is 0 Å². The van der Waals surface area contributed by atoms with Crippen molar-refractivity contribution in [1.29, 1.82) is 0 Å². The van der Waals surface area contributed by atoms with E-state index >= 15 is 0 Å². The van der Waals surface area contributed by atoms with Gasteiger partial charge in [-0.1, -0.05) is 12.1 Å². The number of nitrogens with zero attached hydrogens (tertiary/aromatic N) is 1. The van der Waals surface area contributed by atoms with Gasteiger partial charge in [-0.25, -0.2) is 4.98 Å². The minimum Gasteiger partial charge on any atom is -0.454 e. The zero-order chi connectivity index (χ0) is 14.7. The average molecular weight is 288 g/mol. The van der Waals surface area contributed by atoms with E-state index in [2.05, 4.69) is 17.2 Å². The molecule has 0 spiro atoms. The molecule has 1 aromatic carbocycles. The second-order valence-corrected chi connectivity index (χ2v) is 5.12. The van der Waals surface area contributed by atoms with Gasteiger partial charge in [0.05, 0.1) is 0 Å². The summed E-state index contributed by atoms with van der Waals surface area (Å²) >= 11 is 0. The average Bonchev–Trinajstić information content (AvgIpc) is 2.92. The Hall–Kier alpha value is -2.30. The van der Waals surface area contributed by atoms with Gasteiger partial charge in [-0.05, 0) is 49.6 Å². The number of fused-ring (bicyclic) bond motifs is 1. The fourth-order valence-corrected chi connectivity index (χ4v) is 2.29. The van der Waals surface area contributed by atoms with E-state index in [0.717, 1.165) is 24.3 Å². The maximum atomic E-state index is 13.0. The van der Waals surface area contributed by atoms with Crippen LogP contribution in [0.25, 0.3) is 0 Å². The molecule has 4 nitrogen and oxygen atoms in total. The Labute approximate surface area is 122 Å². The van der Waals surface area contributed by atoms with Crippen molar-refractivity contribution >= 4 is 5.82 Å². The highest BCUT2D eigenvalue weighted by atomic mass is 19.1. The number of rotatable bonds is 5. The van der Waals surface area contributed by atoms with Crippen LogP contribution in [0.1, 0.15) is 18.9 Å². The molecule has 21 heavy (non-hydrogen) atoms. The molecule has 3 rings (SSSR count). The second kappa shape index (κ2) is 5.99. The lowest BCUT2D eigenvalue weighted by Crippen LogP contribution is -2.17. The van der Waals surface area contributed by atoms with Crippen molar-refractivity contribution in [3.63, 3.8) is 0 Å². The standard InChI is InChI=1S/C16H17FN2O2/c1-11(18-16-4-2-3-15(17)19-16)5-6-12-7-8-13-14(9-12)21-10-20-13/h2-4,7-9,11H,5-6,10H2,1H3,(H,18,19). The van der Waals surface area contributed by atoms with Crippen LogP contribution in [0.5, 0.6) is 11.5 Å². The highest BCUT2D eigenvalue weighted by molar-refractivity contribution is 5.44. The minimum absolute atomic E-state index is 0.199. The molecule has 2 heterocycles. The van der Waals surface area contributed by atoms with E-state index in [4.69, 9.17) is 9.47 Å². The number of ether oxygens (including phenoxy) is 2. The van der Waals surface area contributed by atoms with E-state index in [-0.39, 0.29) is 6.04 Å². The normalized spacial score (nSPS) is 14.0. The van der Waals surface area contributed by atoms with E-state index in [1.54, 1.807) is 12.1 Å². The van der Waals surface area contributed by atoms with Crippen LogP contribution in [-0.2, 0) is 6.42 Å². The Bertz CT molecular complexity index is 633. The summed E-state index contributed by atoms with van der Waals surface area (Å²) in [7, 11) is 0. The Kier molecular flexibility index (Phi) is 3.90. The van der Waals surface area contributed by atoms with Crippen molar-refractivity contribution in [2.75, 3.05) is 12.1 Å². The Morgan fingerprint density at radius 1 is 1.24 bits per heavy atom. The fraction of sp³-hybridized carbons (Fsp3) is 0.312. The largest absolute Gasteiger partial charge is 0.454 e. The Morgan fingerprint density at radius 2 is 2.10 bits per heavy atom. The van der Waals surface area contributed by atoms with Gasteiger partial charge < -0.3 is 14.8 Å². The number of hydrogen-bond donors (Lipinski definition) is 1. The summed E-state index contributed by atoms with van der Waals surface area (Å²) < 4.78 is 23.7. The topological polar surface area (TPSA) is 43.4 Å². The van der Waals surface area contributed by atoms with E-state index in [9.17, 15) is 4.39 Å². The molecule has 1 N–H and O–H groups in total. The maximum absolute atomic E-state index is 13.0. The zero-order valence-electron chi connectivity index (χ0n) is 11.8. The van der Waals surface area contributed by atoms with Gasteiger partial charge in [-0.3, -0.25) is 0 Å². The lowest BCUT2D eigenvalue weighted by molar-refractivity contribution is 0.174. The van der Waals surface area contributed by atoms with Gasteiger partial charge in [-0.15, -0.1) is 0 Å². The third-order valence-corrected chi connectivity index (χ3v) is 3.41. The van der Waals surface area contributed by atoms with E-state index in [1.165, 1.54) is 11.6 Å². The molecule has 0 saturated carbocycles. The predicted octanol–water partition coefficient (Wildman–Crippen LogP) is 3.38. The van der Waals surface area contributed by atoms with Crippen LogP contribution >= 0.6 is 0 Å². The fourth-order valence-electron chi connectivity index (χ4n) is 2.29. The highest BCUT2D eigenvalue weighted by Gasteiger charge is 2.13. The first-order valence-electron chi connectivity index (χ1n) is 6.98. The summed E-state index contributed by atoms with van der Waals surface area (Å²) in [6.45, 7) is 2.35. The number of anilines is 1. The smallest absolute Gasteiger partial charge is 0.231 e. The molecule has 1 unspecified atom stereocenters. The van der Waals surface area contributed by atoms with Crippen LogP contribution in [0.2, 0.25) is 0 Å². The third kappa shape index (κ3) is 3.42. The van der Waals surface area contributed by atoms with Gasteiger partial charge in [0.15, 0.2) is 11.5 Å². The molecule has 110 valence electrons. The molecular formula is C16H17FN2O2. The van der Waals surface area contributed by atoms with Crippen molar-refractivity contribution in [2.45, 2.75) is 25.8 Å². The number of aromatic nitrogens is 1. The van der Waals surface area contributed by atoms with E-state index < -0.39 is 5.95 Å². The highest BCUT2D eigenvalue weighted by Crippen LogP contribution is 2.32. The van der Waals surface area contributed by atoms with Crippen LogP contribution in [0.4, 0.5) is 10.2 Å². The number of hydrogen-bond acceptors (Lipinski definition) is 4.